The number of aryl methyl sites for hydroxylation is 2. The van der Waals surface area contributed by atoms with Gasteiger partial charge in [0.1, 0.15) is 34.6 Å². The molecule has 7 N–H and O–H groups in total. The van der Waals surface area contributed by atoms with Crippen molar-refractivity contribution < 1.29 is 61.4 Å². The number of aromatic nitrogens is 3. The van der Waals surface area contributed by atoms with Gasteiger partial charge in [0.25, 0.3) is 0 Å². The molecule has 0 amide bonds. The smallest absolute Gasteiger partial charge is 0.387 e. The molecule has 1 saturated heterocycles. The minimum Gasteiger partial charge on any atom is -0.387 e. The van der Waals surface area contributed by atoms with Crippen molar-refractivity contribution in [2.24, 2.45) is 0 Å². The molecule has 16 nitrogen and oxygen atoms in total. The second-order valence-corrected chi connectivity index (χ2v) is 12.0. The summed E-state index contributed by atoms with van der Waals surface area (Å²) in [5.41, 5.74) is 2.32. The van der Waals surface area contributed by atoms with Gasteiger partial charge in [0, 0.05) is 5.56 Å². The quantitative estimate of drug-likeness (QED) is 0.173. The Balaban J connectivity index is 1.75. The minimum atomic E-state index is -5.71. The molecule has 0 aromatic carbocycles. The fourth-order valence-electron chi connectivity index (χ4n) is 3.03. The summed E-state index contributed by atoms with van der Waals surface area (Å²) >= 11 is 5.28. The molecule has 0 aliphatic carbocycles. The van der Waals surface area contributed by atoms with Crippen LogP contribution in [0.4, 0.5) is 0 Å². The number of ether oxygens (including phenoxy) is 1. The van der Waals surface area contributed by atoms with Gasteiger partial charge in [-0.25, -0.2) is 23.7 Å². The molecule has 20 heteroatoms. The van der Waals surface area contributed by atoms with E-state index in [-0.39, 0.29) is 10.2 Å². The average Bonchev–Trinajstić information content (AvgIpc) is 2.93. The van der Waals surface area contributed by atoms with Crippen molar-refractivity contribution in [3.8, 4) is 0 Å². The number of hydrogen-bond acceptors (Lipinski definition) is 12. The highest BCUT2D eigenvalue weighted by molar-refractivity contribution is 7.71. The summed E-state index contributed by atoms with van der Waals surface area (Å²) in [7, 11) is -16.7. The third-order valence-corrected chi connectivity index (χ3v) is 8.75. The number of fused-ring (bicyclic) bond motifs is 1. The third kappa shape index (κ3) is 6.60. The van der Waals surface area contributed by atoms with Crippen LogP contribution in [0.5, 0.6) is 0 Å². The van der Waals surface area contributed by atoms with E-state index in [0.717, 1.165) is 0 Å². The minimum absolute atomic E-state index is 0.120. The first-order chi connectivity index (χ1) is 15.5. The molecule has 34 heavy (non-hydrogen) atoms. The van der Waals surface area contributed by atoms with Gasteiger partial charge in [0.15, 0.2) is 5.65 Å². The van der Waals surface area contributed by atoms with Gasteiger partial charge in [-0.3, -0.25) is 4.52 Å². The number of aliphatic hydroxyl groups is 2. The third-order valence-electron chi connectivity index (χ3n) is 4.61. The second kappa shape index (κ2) is 9.81. The molecule has 3 rings (SSSR count). The summed E-state index contributed by atoms with van der Waals surface area (Å²) in [5, 5.41) is 20.7. The summed E-state index contributed by atoms with van der Waals surface area (Å²) in [6.07, 6.45) is -5.89. The van der Waals surface area contributed by atoms with E-state index in [1.54, 1.807) is 13.8 Å². The van der Waals surface area contributed by atoms with Crippen molar-refractivity contribution in [2.45, 2.75) is 38.3 Å². The first kappa shape index (κ1) is 27.6. The van der Waals surface area contributed by atoms with Crippen LogP contribution in [0.3, 0.4) is 0 Å². The van der Waals surface area contributed by atoms with Gasteiger partial charge in [-0.1, -0.05) is 12.2 Å². The van der Waals surface area contributed by atoms with E-state index in [4.69, 9.17) is 26.7 Å². The molecule has 0 saturated carbocycles. The monoisotopic (exact) mass is 563 g/mol. The normalized spacial score (nSPS) is 26.9. The molecule has 2 aromatic rings. The molecular formula is C14H20N3O13P3S. The summed E-state index contributed by atoms with van der Waals surface area (Å²) in [5.74, 6) is 0. The summed E-state index contributed by atoms with van der Waals surface area (Å²) in [6.45, 7) is 2.56. The van der Waals surface area contributed by atoms with Crippen LogP contribution in [0.2, 0.25) is 0 Å². The van der Waals surface area contributed by atoms with Gasteiger partial charge in [-0.2, -0.15) is 8.62 Å². The maximum atomic E-state index is 11.9. The molecule has 0 radical (unpaired) electrons. The summed E-state index contributed by atoms with van der Waals surface area (Å²) in [4.78, 5) is 47.4. The van der Waals surface area contributed by atoms with E-state index < -0.39 is 54.5 Å². The van der Waals surface area contributed by atoms with Crippen molar-refractivity contribution in [3.63, 3.8) is 0 Å². The first-order valence-corrected chi connectivity index (χ1v) is 14.1. The fraction of sp³-hybridized carbons (Fsp3) is 0.500. The standard InChI is InChI=1S/C14H20N3O13P3S/c1-5-6(2)16-13-8(15-5)3-7(14(34)17-13)12-11(19)10(18)9(28-12)4-27-32(23,24)30-33(25,26)29-31(20,21)22/h3,9-12,18-19H,4H2,1-2H3,(H,23,24)(H,25,26)(H,16,17,34)(H2,20,21,22)/t9-,10?,11+,12+/m1/s1. The van der Waals surface area contributed by atoms with E-state index >= 15 is 0 Å². The SMILES string of the molecule is Cc1nc2cc([C@@H]3O[C@H](COP(=O)(O)OP(=O)(O)OP(=O)(O)O)C(O)[C@@H]3O)c(=S)[nH]c2nc1C. The highest BCUT2D eigenvalue weighted by Gasteiger charge is 2.46. The van der Waals surface area contributed by atoms with Crippen molar-refractivity contribution in [1.29, 1.82) is 0 Å². The van der Waals surface area contributed by atoms with Gasteiger partial charge >= 0.3 is 23.5 Å². The van der Waals surface area contributed by atoms with Crippen LogP contribution in [0.15, 0.2) is 6.07 Å². The van der Waals surface area contributed by atoms with Crippen LogP contribution in [0.25, 0.3) is 11.2 Å². The van der Waals surface area contributed by atoms with Crippen LogP contribution < -0.4 is 0 Å². The number of rotatable bonds is 8. The first-order valence-electron chi connectivity index (χ1n) is 9.16. The summed E-state index contributed by atoms with van der Waals surface area (Å²) in [6, 6.07) is 1.50. The number of phosphoric acid groups is 3. The lowest BCUT2D eigenvalue weighted by atomic mass is 10.0. The van der Waals surface area contributed by atoms with Crippen LogP contribution in [-0.4, -0.2) is 69.7 Å². The second-order valence-electron chi connectivity index (χ2n) is 7.15. The lowest BCUT2D eigenvalue weighted by Crippen LogP contribution is -2.33. The van der Waals surface area contributed by atoms with Crippen molar-refractivity contribution >= 4 is 46.8 Å². The highest BCUT2D eigenvalue weighted by Crippen LogP contribution is 2.66. The topological polar surface area (TPSA) is 251 Å². The maximum Gasteiger partial charge on any atom is 0.490 e. The molecule has 1 aliphatic heterocycles. The zero-order valence-corrected chi connectivity index (χ0v) is 20.8. The van der Waals surface area contributed by atoms with E-state index in [0.29, 0.717) is 22.6 Å². The molecule has 190 valence electrons. The van der Waals surface area contributed by atoms with Gasteiger partial charge in [0.05, 0.1) is 18.0 Å². The number of H-pyrrole nitrogens is 1. The largest absolute Gasteiger partial charge is 0.490 e. The van der Waals surface area contributed by atoms with Gasteiger partial charge in [-0.15, -0.1) is 0 Å². The number of pyridine rings is 1. The van der Waals surface area contributed by atoms with Crippen LogP contribution >= 0.6 is 35.7 Å². The Morgan fingerprint density at radius 3 is 2.26 bits per heavy atom. The lowest BCUT2D eigenvalue weighted by Gasteiger charge is -2.19. The zero-order chi connectivity index (χ0) is 25.6. The molecule has 6 atom stereocenters. The van der Waals surface area contributed by atoms with Crippen LogP contribution in [0.1, 0.15) is 23.1 Å². The van der Waals surface area contributed by atoms with E-state index in [1.807, 2.05) is 0 Å². The number of nitrogens with one attached hydrogen (secondary N) is 1. The number of aromatic amines is 1. The maximum absolute atomic E-state index is 11.9. The lowest BCUT2D eigenvalue weighted by molar-refractivity contribution is -0.0224. The predicted octanol–water partition coefficient (Wildman–Crippen LogP) is 0.809. The van der Waals surface area contributed by atoms with Crippen molar-refractivity contribution in [2.75, 3.05) is 6.61 Å². The van der Waals surface area contributed by atoms with Crippen LogP contribution in [0, 0.1) is 18.5 Å². The van der Waals surface area contributed by atoms with Gasteiger partial charge < -0.3 is 39.5 Å². The molecule has 1 aliphatic rings. The molecule has 3 unspecified atom stereocenters. The van der Waals surface area contributed by atoms with Gasteiger partial charge in [0.2, 0.25) is 0 Å². The Bertz CT molecular complexity index is 1300. The molecule has 1 fully saturated rings. The van der Waals surface area contributed by atoms with Crippen molar-refractivity contribution in [1.82, 2.24) is 15.0 Å². The van der Waals surface area contributed by atoms with E-state index in [2.05, 4.69) is 28.1 Å². The molecule has 0 bridgehead atoms. The zero-order valence-electron chi connectivity index (χ0n) is 17.3. The Kier molecular flexibility index (Phi) is 7.96. The van der Waals surface area contributed by atoms with Crippen molar-refractivity contribution in [3.05, 3.63) is 27.7 Å². The van der Waals surface area contributed by atoms with E-state index in [9.17, 15) is 33.7 Å². The molecule has 3 heterocycles. The Morgan fingerprint density at radius 1 is 1.03 bits per heavy atom. The molecule has 0 spiro atoms. The number of nitrogens with zero attached hydrogens (tertiary/aromatic N) is 2. The number of phosphoric ester groups is 1. The molecular weight excluding hydrogens is 543 g/mol. The van der Waals surface area contributed by atoms with Crippen LogP contribution in [-0.2, 0) is 31.6 Å². The molecule has 2 aromatic heterocycles. The average molecular weight is 563 g/mol. The fourth-order valence-corrected chi connectivity index (χ4v) is 6.33. The predicted molar refractivity (Wildman–Crippen MR) is 114 cm³/mol. The Hall–Kier alpha value is -1.00. The summed E-state index contributed by atoms with van der Waals surface area (Å²) < 4.78 is 51.3. The highest BCUT2D eigenvalue weighted by atomic mass is 32.1. The van der Waals surface area contributed by atoms with Gasteiger partial charge in [-0.05, 0) is 19.9 Å². The number of hydrogen-bond donors (Lipinski definition) is 7. The Labute approximate surface area is 196 Å². The number of aliphatic hydroxyl groups excluding tert-OH is 2. The van der Waals surface area contributed by atoms with E-state index in [1.165, 1.54) is 6.07 Å². The Morgan fingerprint density at radius 2 is 1.65 bits per heavy atom.